The maximum Gasteiger partial charge on any atom is 0.297 e. The minimum atomic E-state index is -0.875. The van der Waals surface area contributed by atoms with E-state index in [2.05, 4.69) is 31.0 Å². The van der Waals surface area contributed by atoms with Crippen LogP contribution in [-0.4, -0.2) is 29.8 Å². The Kier molecular flexibility index (Phi) is 7.16. The zero-order valence-electron chi connectivity index (χ0n) is 21.6. The topological polar surface area (TPSA) is 94.8 Å². The smallest absolute Gasteiger partial charge is 0.297 e. The number of aromatic nitrogens is 2. The van der Waals surface area contributed by atoms with Gasteiger partial charge in [-0.3, -0.25) is 14.5 Å². The number of hydrogen-bond acceptors (Lipinski definition) is 8. The number of benzene rings is 2. The van der Waals surface area contributed by atoms with Crippen molar-refractivity contribution in [2.75, 3.05) is 18.6 Å². The summed E-state index contributed by atoms with van der Waals surface area (Å²) < 4.78 is 31.5. The Labute approximate surface area is 223 Å². The van der Waals surface area contributed by atoms with E-state index in [9.17, 15) is 14.0 Å². The van der Waals surface area contributed by atoms with Gasteiger partial charge in [0.1, 0.15) is 16.4 Å². The molecule has 2 aromatic carbocycles. The Morgan fingerprint density at radius 1 is 1.13 bits per heavy atom. The predicted molar refractivity (Wildman–Crippen MR) is 143 cm³/mol. The number of carbonyl (C=O) groups excluding carboxylic acids is 1. The van der Waals surface area contributed by atoms with Gasteiger partial charge in [-0.25, -0.2) is 4.39 Å². The molecule has 1 aliphatic heterocycles. The number of nitrogens with zero attached hydrogens (tertiary/aromatic N) is 3. The SMILES string of the molecule is CCCCOc1ccc(C2c3c(oc4ccc(F)cc4c3=O)C(=O)N2c2nnc(CC(C)C)s2)cc1OC. The summed E-state index contributed by atoms with van der Waals surface area (Å²) in [5, 5.41) is 9.76. The molecule has 4 aromatic rings. The molecule has 1 amide bonds. The molecule has 0 aliphatic carbocycles. The van der Waals surface area contributed by atoms with Crippen molar-refractivity contribution in [3.8, 4) is 11.5 Å². The molecule has 0 fully saturated rings. The fraction of sp³-hybridized carbons (Fsp3) is 0.357. The van der Waals surface area contributed by atoms with Crippen molar-refractivity contribution in [2.24, 2.45) is 5.92 Å². The quantitative estimate of drug-likeness (QED) is 0.245. The van der Waals surface area contributed by atoms with Crippen LogP contribution in [0.15, 0.2) is 45.6 Å². The molecule has 38 heavy (non-hydrogen) atoms. The number of anilines is 1. The van der Waals surface area contributed by atoms with Crippen molar-refractivity contribution < 1.29 is 23.1 Å². The summed E-state index contributed by atoms with van der Waals surface area (Å²) in [7, 11) is 1.53. The standard InChI is InChI=1S/C28H28FN3O5S/c1-5-6-11-36-20-9-7-16(13-21(20)35-4)24-23-25(33)18-14-17(29)8-10-19(18)37-26(23)27(34)32(24)28-31-30-22(38-28)12-15(2)3/h7-10,13-15,24H,5-6,11-12H2,1-4H3. The molecule has 198 valence electrons. The fourth-order valence-corrected chi connectivity index (χ4v) is 5.61. The average molecular weight is 538 g/mol. The molecule has 10 heteroatoms. The predicted octanol–water partition coefficient (Wildman–Crippen LogP) is 5.92. The first-order valence-corrected chi connectivity index (χ1v) is 13.4. The fourth-order valence-electron chi connectivity index (χ4n) is 4.53. The van der Waals surface area contributed by atoms with Gasteiger partial charge in [-0.05, 0) is 48.2 Å². The Bertz CT molecular complexity index is 1560. The second kappa shape index (κ2) is 10.5. The highest BCUT2D eigenvalue weighted by Gasteiger charge is 2.45. The van der Waals surface area contributed by atoms with Crippen LogP contribution in [0.25, 0.3) is 11.0 Å². The third-order valence-corrected chi connectivity index (χ3v) is 7.28. The summed E-state index contributed by atoms with van der Waals surface area (Å²) >= 11 is 1.29. The van der Waals surface area contributed by atoms with Crippen molar-refractivity contribution >= 4 is 33.3 Å². The van der Waals surface area contributed by atoms with E-state index in [1.165, 1.54) is 35.5 Å². The lowest BCUT2D eigenvalue weighted by molar-refractivity contribution is 0.0970. The highest BCUT2D eigenvalue weighted by molar-refractivity contribution is 7.15. The molecule has 0 spiro atoms. The van der Waals surface area contributed by atoms with Crippen LogP contribution in [0.1, 0.15) is 66.3 Å². The van der Waals surface area contributed by atoms with E-state index in [4.69, 9.17) is 13.9 Å². The Morgan fingerprint density at radius 3 is 2.68 bits per heavy atom. The van der Waals surface area contributed by atoms with Gasteiger partial charge in [-0.1, -0.05) is 44.6 Å². The van der Waals surface area contributed by atoms with Crippen LogP contribution in [0.5, 0.6) is 11.5 Å². The average Bonchev–Trinajstić information content (AvgIpc) is 3.46. The Morgan fingerprint density at radius 2 is 1.95 bits per heavy atom. The summed E-state index contributed by atoms with van der Waals surface area (Å²) in [6.07, 6.45) is 2.58. The van der Waals surface area contributed by atoms with Gasteiger partial charge in [0.2, 0.25) is 10.9 Å². The summed E-state index contributed by atoms with van der Waals surface area (Å²) in [5.41, 5.74) is 0.380. The molecule has 0 bridgehead atoms. The van der Waals surface area contributed by atoms with Crippen molar-refractivity contribution in [2.45, 2.75) is 46.1 Å². The molecule has 0 saturated carbocycles. The highest BCUT2D eigenvalue weighted by atomic mass is 32.1. The number of unbranched alkanes of at least 4 members (excludes halogenated alkanes) is 1. The van der Waals surface area contributed by atoms with Crippen LogP contribution >= 0.6 is 11.3 Å². The van der Waals surface area contributed by atoms with Crippen molar-refractivity contribution in [3.05, 3.63) is 74.3 Å². The van der Waals surface area contributed by atoms with Crippen LogP contribution in [0.2, 0.25) is 0 Å². The molecule has 3 heterocycles. The lowest BCUT2D eigenvalue weighted by Gasteiger charge is -2.23. The molecule has 1 aliphatic rings. The number of hydrogen-bond donors (Lipinski definition) is 0. The van der Waals surface area contributed by atoms with Crippen LogP contribution in [0.3, 0.4) is 0 Å². The van der Waals surface area contributed by atoms with E-state index in [1.807, 2.05) is 0 Å². The lowest BCUT2D eigenvalue weighted by atomic mass is 9.98. The van der Waals surface area contributed by atoms with Crippen LogP contribution in [-0.2, 0) is 6.42 Å². The normalized spacial score (nSPS) is 14.9. The number of fused-ring (bicyclic) bond motifs is 2. The van der Waals surface area contributed by atoms with E-state index in [0.29, 0.717) is 41.1 Å². The van der Waals surface area contributed by atoms with Gasteiger partial charge in [0.25, 0.3) is 5.91 Å². The van der Waals surface area contributed by atoms with Gasteiger partial charge in [-0.2, -0.15) is 0 Å². The van der Waals surface area contributed by atoms with Crippen molar-refractivity contribution in [3.63, 3.8) is 0 Å². The van der Waals surface area contributed by atoms with Gasteiger partial charge >= 0.3 is 0 Å². The summed E-state index contributed by atoms with van der Waals surface area (Å²) in [5.74, 6) is 0.202. The first-order valence-electron chi connectivity index (χ1n) is 12.5. The molecule has 5 rings (SSSR count). The number of carbonyl (C=O) groups is 1. The maximum atomic E-state index is 14.1. The van der Waals surface area contributed by atoms with Gasteiger partial charge in [-0.15, -0.1) is 10.2 Å². The molecular formula is C28H28FN3O5S. The second-order valence-corrected chi connectivity index (χ2v) is 10.6. The second-order valence-electron chi connectivity index (χ2n) is 9.58. The first kappa shape index (κ1) is 25.8. The molecule has 0 radical (unpaired) electrons. The van der Waals surface area contributed by atoms with E-state index in [-0.39, 0.29) is 22.3 Å². The van der Waals surface area contributed by atoms with E-state index in [0.717, 1.165) is 23.9 Å². The molecule has 8 nitrogen and oxygen atoms in total. The van der Waals surface area contributed by atoms with Gasteiger partial charge in [0.05, 0.1) is 30.7 Å². The monoisotopic (exact) mass is 537 g/mol. The number of ether oxygens (including phenoxy) is 2. The third-order valence-electron chi connectivity index (χ3n) is 6.34. The minimum Gasteiger partial charge on any atom is -0.493 e. The first-order chi connectivity index (χ1) is 18.3. The van der Waals surface area contributed by atoms with Crippen LogP contribution < -0.4 is 19.8 Å². The number of amides is 1. The number of halogens is 1. The zero-order chi connectivity index (χ0) is 27.0. The summed E-state index contributed by atoms with van der Waals surface area (Å²) in [6, 6.07) is 8.09. The van der Waals surface area contributed by atoms with Crippen LogP contribution in [0, 0.1) is 11.7 Å². The van der Waals surface area contributed by atoms with Gasteiger partial charge < -0.3 is 13.9 Å². The van der Waals surface area contributed by atoms with Gasteiger partial charge in [0.15, 0.2) is 16.9 Å². The van der Waals surface area contributed by atoms with Crippen molar-refractivity contribution in [1.82, 2.24) is 10.2 Å². The lowest BCUT2D eigenvalue weighted by Crippen LogP contribution is -2.29. The summed E-state index contributed by atoms with van der Waals surface area (Å²) in [4.78, 5) is 28.9. The highest BCUT2D eigenvalue weighted by Crippen LogP contribution is 2.44. The Hall–Kier alpha value is -3.79. The largest absolute Gasteiger partial charge is 0.493 e. The molecule has 1 atom stereocenters. The van der Waals surface area contributed by atoms with Crippen LogP contribution in [0.4, 0.5) is 9.52 Å². The number of methoxy groups -OCH3 is 1. The van der Waals surface area contributed by atoms with E-state index in [1.54, 1.807) is 18.2 Å². The molecular weight excluding hydrogens is 509 g/mol. The minimum absolute atomic E-state index is 0.0626. The van der Waals surface area contributed by atoms with E-state index >= 15 is 0 Å². The maximum absolute atomic E-state index is 14.1. The zero-order valence-corrected chi connectivity index (χ0v) is 22.4. The molecule has 0 N–H and O–H groups in total. The molecule has 0 saturated heterocycles. The van der Waals surface area contributed by atoms with E-state index < -0.39 is 23.2 Å². The molecule has 1 unspecified atom stereocenters. The molecule has 2 aromatic heterocycles. The summed E-state index contributed by atoms with van der Waals surface area (Å²) in [6.45, 7) is 6.76. The van der Waals surface area contributed by atoms with Gasteiger partial charge in [0, 0.05) is 6.42 Å². The third kappa shape index (κ3) is 4.64. The Balaban J connectivity index is 1.68. The number of rotatable bonds is 9. The van der Waals surface area contributed by atoms with Crippen molar-refractivity contribution in [1.29, 1.82) is 0 Å².